The molecule has 1 aromatic heterocycles. The third kappa shape index (κ3) is 3.77. The number of rotatable bonds is 6. The van der Waals surface area contributed by atoms with Crippen LogP contribution in [0.15, 0.2) is 6.20 Å². The molecule has 18 heavy (non-hydrogen) atoms. The van der Waals surface area contributed by atoms with Crippen molar-refractivity contribution in [1.29, 1.82) is 0 Å². The number of hydrogen-bond donors (Lipinski definition) is 2. The van der Waals surface area contributed by atoms with E-state index < -0.39 is 0 Å². The maximum Gasteiger partial charge on any atom is 0.107 e. The molecule has 1 aliphatic heterocycles. The summed E-state index contributed by atoms with van der Waals surface area (Å²) in [4.78, 5) is 5.71. The Balaban J connectivity index is 1.82. The zero-order valence-corrected chi connectivity index (χ0v) is 12.4. The van der Waals surface area contributed by atoms with Crippen LogP contribution in [0.4, 0.5) is 0 Å². The van der Waals surface area contributed by atoms with Crippen molar-refractivity contribution in [3.05, 3.63) is 16.1 Å². The second-order valence-corrected chi connectivity index (χ2v) is 6.82. The number of piperidine rings is 1. The molecule has 0 radical (unpaired) electrons. The predicted molar refractivity (Wildman–Crippen MR) is 78.0 cm³/mol. The lowest BCUT2D eigenvalue weighted by Crippen LogP contribution is -2.46. The van der Waals surface area contributed by atoms with Crippen LogP contribution in [0.2, 0.25) is 0 Å². The largest absolute Gasteiger partial charge is 0.316 e. The Kier molecular flexibility index (Phi) is 5.15. The van der Waals surface area contributed by atoms with Crippen LogP contribution in [-0.4, -0.2) is 24.6 Å². The smallest absolute Gasteiger partial charge is 0.107 e. The summed E-state index contributed by atoms with van der Waals surface area (Å²) >= 11 is 1.80. The van der Waals surface area contributed by atoms with E-state index >= 15 is 0 Å². The van der Waals surface area contributed by atoms with Gasteiger partial charge in [-0.15, -0.1) is 11.3 Å². The highest BCUT2D eigenvalue weighted by Gasteiger charge is 2.30. The van der Waals surface area contributed by atoms with E-state index in [-0.39, 0.29) is 0 Å². The molecule has 1 aromatic rings. The fourth-order valence-electron chi connectivity index (χ4n) is 2.93. The maximum atomic E-state index is 4.41. The molecule has 0 amide bonds. The molecule has 102 valence electrons. The van der Waals surface area contributed by atoms with Gasteiger partial charge in [-0.05, 0) is 38.1 Å². The van der Waals surface area contributed by atoms with Gasteiger partial charge in [0, 0.05) is 30.7 Å². The van der Waals surface area contributed by atoms with Gasteiger partial charge in [0.15, 0.2) is 0 Å². The summed E-state index contributed by atoms with van der Waals surface area (Å²) < 4.78 is 0. The monoisotopic (exact) mass is 267 g/mol. The lowest BCUT2D eigenvalue weighted by Gasteiger charge is -2.38. The van der Waals surface area contributed by atoms with Crippen LogP contribution in [0.25, 0.3) is 0 Å². The molecule has 3 nitrogen and oxygen atoms in total. The van der Waals surface area contributed by atoms with Crippen LogP contribution in [0.5, 0.6) is 0 Å². The van der Waals surface area contributed by atoms with Gasteiger partial charge in [0.25, 0.3) is 0 Å². The number of hydrogen-bond acceptors (Lipinski definition) is 4. The van der Waals surface area contributed by atoms with Gasteiger partial charge in [0.2, 0.25) is 0 Å². The van der Waals surface area contributed by atoms with Gasteiger partial charge in [-0.2, -0.15) is 0 Å². The van der Waals surface area contributed by atoms with Crippen LogP contribution in [0.1, 0.15) is 42.5 Å². The number of nitrogens with one attached hydrogen (secondary N) is 2. The molecule has 0 spiro atoms. The van der Waals surface area contributed by atoms with Crippen molar-refractivity contribution in [1.82, 2.24) is 15.6 Å². The highest BCUT2D eigenvalue weighted by molar-refractivity contribution is 7.11. The van der Waals surface area contributed by atoms with Crippen molar-refractivity contribution in [2.45, 2.75) is 46.1 Å². The molecule has 1 saturated heterocycles. The molecule has 0 aromatic carbocycles. The molecular formula is C14H25N3S. The summed E-state index contributed by atoms with van der Waals surface area (Å²) in [5, 5.41) is 8.39. The van der Waals surface area contributed by atoms with Gasteiger partial charge >= 0.3 is 0 Å². The molecule has 1 unspecified atom stereocenters. The molecule has 1 aliphatic rings. The fourth-order valence-corrected chi connectivity index (χ4v) is 3.69. The minimum atomic E-state index is 0.472. The van der Waals surface area contributed by atoms with E-state index in [0.29, 0.717) is 5.41 Å². The summed E-state index contributed by atoms with van der Waals surface area (Å²) in [6, 6.07) is 0. The Labute approximate surface area is 114 Å². The quantitative estimate of drug-likeness (QED) is 0.832. The molecule has 1 fully saturated rings. The lowest BCUT2D eigenvalue weighted by molar-refractivity contribution is 0.182. The van der Waals surface area contributed by atoms with Crippen LogP contribution in [0.3, 0.4) is 0 Å². The Hall–Kier alpha value is -0.450. The highest BCUT2D eigenvalue weighted by Crippen LogP contribution is 2.30. The first kappa shape index (κ1) is 14.0. The van der Waals surface area contributed by atoms with Crippen molar-refractivity contribution in [2.24, 2.45) is 5.41 Å². The number of aryl methyl sites for hydroxylation is 1. The number of aromatic nitrogens is 1. The number of nitrogens with zero attached hydrogens (tertiary/aromatic N) is 1. The van der Waals surface area contributed by atoms with E-state index in [9.17, 15) is 0 Å². The van der Waals surface area contributed by atoms with Crippen LogP contribution >= 0.6 is 11.3 Å². The molecule has 0 aliphatic carbocycles. The minimum Gasteiger partial charge on any atom is -0.316 e. The Bertz CT molecular complexity index is 350. The highest BCUT2D eigenvalue weighted by atomic mass is 32.1. The first-order valence-electron chi connectivity index (χ1n) is 7.07. The Morgan fingerprint density at radius 2 is 2.44 bits per heavy atom. The molecule has 2 N–H and O–H groups in total. The first-order chi connectivity index (χ1) is 8.74. The van der Waals surface area contributed by atoms with E-state index in [2.05, 4.69) is 29.5 Å². The molecular weight excluding hydrogens is 242 g/mol. The SMILES string of the molecule is CCCC1(CNCc2ncc(C)s2)CCCNC1. The van der Waals surface area contributed by atoms with Crippen molar-refractivity contribution >= 4 is 11.3 Å². The average Bonchev–Trinajstić information content (AvgIpc) is 2.77. The van der Waals surface area contributed by atoms with Crippen molar-refractivity contribution < 1.29 is 0 Å². The topological polar surface area (TPSA) is 37.0 Å². The summed E-state index contributed by atoms with van der Waals surface area (Å²) in [5.41, 5.74) is 0.472. The van der Waals surface area contributed by atoms with Crippen molar-refractivity contribution in [2.75, 3.05) is 19.6 Å². The van der Waals surface area contributed by atoms with Gasteiger partial charge in [-0.1, -0.05) is 13.3 Å². The van der Waals surface area contributed by atoms with Crippen LogP contribution in [-0.2, 0) is 6.54 Å². The Morgan fingerprint density at radius 3 is 3.06 bits per heavy atom. The normalized spacial score (nSPS) is 24.3. The molecule has 0 saturated carbocycles. The minimum absolute atomic E-state index is 0.472. The molecule has 4 heteroatoms. The van der Waals surface area contributed by atoms with Gasteiger partial charge < -0.3 is 10.6 Å². The van der Waals surface area contributed by atoms with Crippen LogP contribution in [0, 0.1) is 12.3 Å². The standard InChI is InChI=1S/C14H25N3S/c1-3-5-14(6-4-7-15-10-14)11-16-9-13-17-8-12(2)18-13/h8,15-16H,3-7,9-11H2,1-2H3. The molecule has 1 atom stereocenters. The summed E-state index contributed by atoms with van der Waals surface area (Å²) in [6.45, 7) is 8.81. The fraction of sp³-hybridized carbons (Fsp3) is 0.786. The van der Waals surface area contributed by atoms with Crippen LogP contribution < -0.4 is 10.6 Å². The van der Waals surface area contributed by atoms with Crippen molar-refractivity contribution in [3.8, 4) is 0 Å². The van der Waals surface area contributed by atoms with E-state index in [1.165, 1.54) is 48.7 Å². The number of thiazole rings is 1. The van der Waals surface area contributed by atoms with Gasteiger partial charge in [0.05, 0.1) is 0 Å². The van der Waals surface area contributed by atoms with Gasteiger partial charge in [-0.3, -0.25) is 0 Å². The Morgan fingerprint density at radius 1 is 1.56 bits per heavy atom. The van der Waals surface area contributed by atoms with Crippen molar-refractivity contribution in [3.63, 3.8) is 0 Å². The van der Waals surface area contributed by atoms with E-state index in [4.69, 9.17) is 0 Å². The predicted octanol–water partition coefficient (Wildman–Crippen LogP) is 2.71. The maximum absolute atomic E-state index is 4.41. The third-order valence-corrected chi connectivity index (χ3v) is 4.70. The molecule has 2 heterocycles. The lowest BCUT2D eigenvalue weighted by atomic mass is 9.77. The summed E-state index contributed by atoms with van der Waals surface area (Å²) in [5.74, 6) is 0. The molecule has 2 rings (SSSR count). The van der Waals surface area contributed by atoms with E-state index in [1.807, 2.05) is 6.20 Å². The third-order valence-electron chi connectivity index (χ3n) is 3.79. The second-order valence-electron chi connectivity index (χ2n) is 5.50. The van der Waals surface area contributed by atoms with Gasteiger partial charge in [0.1, 0.15) is 5.01 Å². The van der Waals surface area contributed by atoms with Gasteiger partial charge in [-0.25, -0.2) is 4.98 Å². The van der Waals surface area contributed by atoms with E-state index in [1.54, 1.807) is 11.3 Å². The average molecular weight is 267 g/mol. The van der Waals surface area contributed by atoms with E-state index in [0.717, 1.165) is 13.1 Å². The zero-order valence-electron chi connectivity index (χ0n) is 11.6. The summed E-state index contributed by atoms with van der Waals surface area (Å²) in [6.07, 6.45) is 7.24. The first-order valence-corrected chi connectivity index (χ1v) is 7.88. The molecule has 0 bridgehead atoms. The second kappa shape index (κ2) is 6.64. The zero-order chi connectivity index (χ0) is 12.8. The summed E-state index contributed by atoms with van der Waals surface area (Å²) in [7, 11) is 0.